The van der Waals surface area contributed by atoms with Crippen LogP contribution in [0.1, 0.15) is 10.6 Å². The topological polar surface area (TPSA) is 48.0 Å². The highest BCUT2D eigenvalue weighted by Crippen LogP contribution is 2.19. The van der Waals surface area contributed by atoms with Gasteiger partial charge >= 0.3 is 0 Å². The van der Waals surface area contributed by atoms with Gasteiger partial charge in [0.25, 0.3) is 5.91 Å². The van der Waals surface area contributed by atoms with Crippen molar-refractivity contribution in [2.75, 3.05) is 0 Å². The Labute approximate surface area is 91.1 Å². The first-order valence-electron chi connectivity index (χ1n) is 4.86. The normalized spacial score (nSPS) is 10.8. The molecule has 0 spiro atoms. The first-order valence-corrected chi connectivity index (χ1v) is 4.86. The third-order valence-corrected chi connectivity index (χ3v) is 2.38. The molecule has 0 aliphatic carbocycles. The fourth-order valence-electron chi connectivity index (χ4n) is 1.59. The van der Waals surface area contributed by atoms with Gasteiger partial charge in [0, 0.05) is 17.8 Å². The van der Waals surface area contributed by atoms with Crippen LogP contribution in [-0.4, -0.2) is 15.5 Å². The van der Waals surface area contributed by atoms with Crippen molar-refractivity contribution in [1.29, 1.82) is 0 Å². The Morgan fingerprint density at radius 2 is 2.19 bits per heavy atom. The number of aromatic nitrogens is 2. The van der Waals surface area contributed by atoms with Crippen molar-refractivity contribution >= 4 is 16.9 Å². The summed E-state index contributed by atoms with van der Waals surface area (Å²) in [6.45, 7) is 0. The molecule has 4 heteroatoms. The van der Waals surface area contributed by atoms with Crippen molar-refractivity contribution in [3.05, 3.63) is 54.8 Å². The van der Waals surface area contributed by atoms with E-state index in [1.54, 1.807) is 18.5 Å². The Bertz CT molecular complexity index is 605. The lowest BCUT2D eigenvalue weighted by atomic mass is 10.2. The highest BCUT2D eigenvalue weighted by atomic mass is 16.3. The number of furan rings is 1. The van der Waals surface area contributed by atoms with Crippen molar-refractivity contribution in [2.45, 2.75) is 0 Å². The van der Waals surface area contributed by atoms with Gasteiger partial charge in [-0.15, -0.1) is 0 Å². The zero-order chi connectivity index (χ0) is 11.0. The Morgan fingerprint density at radius 1 is 1.31 bits per heavy atom. The van der Waals surface area contributed by atoms with E-state index in [0.29, 0.717) is 11.3 Å². The predicted octanol–water partition coefficient (Wildman–Crippen LogP) is 2.32. The Balaban J connectivity index is 2.10. The highest BCUT2D eigenvalue weighted by molar-refractivity contribution is 5.97. The van der Waals surface area contributed by atoms with Gasteiger partial charge in [-0.2, -0.15) is 0 Å². The van der Waals surface area contributed by atoms with E-state index in [9.17, 15) is 4.79 Å². The molecular formula is C12H8N2O2. The quantitative estimate of drug-likeness (QED) is 0.621. The van der Waals surface area contributed by atoms with Crippen LogP contribution in [0.4, 0.5) is 0 Å². The summed E-state index contributed by atoms with van der Waals surface area (Å²) < 4.78 is 6.84. The maximum absolute atomic E-state index is 11.9. The van der Waals surface area contributed by atoms with Gasteiger partial charge in [-0.3, -0.25) is 9.36 Å². The van der Waals surface area contributed by atoms with E-state index in [1.807, 2.05) is 24.3 Å². The molecule has 4 nitrogen and oxygen atoms in total. The summed E-state index contributed by atoms with van der Waals surface area (Å²) in [5.41, 5.74) is 0.714. The van der Waals surface area contributed by atoms with Gasteiger partial charge in [-0.05, 0) is 12.1 Å². The predicted molar refractivity (Wildman–Crippen MR) is 58.2 cm³/mol. The molecule has 0 fully saturated rings. The zero-order valence-corrected chi connectivity index (χ0v) is 8.33. The second-order valence-corrected chi connectivity index (χ2v) is 3.42. The van der Waals surface area contributed by atoms with Crippen LogP contribution in [0.25, 0.3) is 11.0 Å². The van der Waals surface area contributed by atoms with E-state index in [1.165, 1.54) is 10.9 Å². The highest BCUT2D eigenvalue weighted by Gasteiger charge is 2.13. The summed E-state index contributed by atoms with van der Waals surface area (Å²) in [7, 11) is 0. The third kappa shape index (κ3) is 1.32. The Hall–Kier alpha value is -2.36. The molecule has 78 valence electrons. The molecule has 16 heavy (non-hydrogen) atoms. The first-order chi connectivity index (χ1) is 7.84. The van der Waals surface area contributed by atoms with Crippen LogP contribution >= 0.6 is 0 Å². The molecule has 0 radical (unpaired) electrons. The van der Waals surface area contributed by atoms with Crippen molar-refractivity contribution in [3.63, 3.8) is 0 Å². The van der Waals surface area contributed by atoms with E-state index < -0.39 is 0 Å². The number of carbonyl (C=O) groups excluding carboxylic acids is 1. The lowest BCUT2D eigenvalue weighted by Crippen LogP contribution is -2.08. The summed E-state index contributed by atoms with van der Waals surface area (Å²) in [5, 5.41) is 0.922. The Kier molecular flexibility index (Phi) is 1.86. The van der Waals surface area contributed by atoms with Gasteiger partial charge in [0.15, 0.2) is 5.76 Å². The average Bonchev–Trinajstić information content (AvgIpc) is 2.97. The molecular weight excluding hydrogens is 204 g/mol. The number of hydrogen-bond donors (Lipinski definition) is 0. The standard InChI is InChI=1S/C12H8N2O2/c15-12(14-6-5-13-8-14)11-7-9-3-1-2-4-10(9)16-11/h1-8H. The number of hydrogen-bond acceptors (Lipinski definition) is 3. The van der Waals surface area contributed by atoms with Crippen molar-refractivity contribution in [1.82, 2.24) is 9.55 Å². The van der Waals surface area contributed by atoms with Crippen molar-refractivity contribution < 1.29 is 9.21 Å². The average molecular weight is 212 g/mol. The van der Waals surface area contributed by atoms with Crippen LogP contribution < -0.4 is 0 Å². The second kappa shape index (κ2) is 3.34. The van der Waals surface area contributed by atoms with Gasteiger partial charge in [-0.1, -0.05) is 18.2 Å². The monoisotopic (exact) mass is 212 g/mol. The molecule has 0 unspecified atom stereocenters. The molecule has 2 aromatic heterocycles. The molecule has 3 rings (SSSR count). The number of carbonyl (C=O) groups is 1. The molecule has 0 amide bonds. The molecule has 0 aliphatic rings. The summed E-state index contributed by atoms with van der Waals surface area (Å²) >= 11 is 0. The molecule has 0 saturated heterocycles. The third-order valence-electron chi connectivity index (χ3n) is 2.38. The summed E-state index contributed by atoms with van der Waals surface area (Å²) in [6, 6.07) is 9.25. The molecule has 3 aromatic rings. The van der Waals surface area contributed by atoms with Gasteiger partial charge < -0.3 is 4.42 Å². The summed E-state index contributed by atoms with van der Waals surface area (Å²) in [6.07, 6.45) is 4.60. The number of fused-ring (bicyclic) bond motifs is 1. The van der Waals surface area contributed by atoms with E-state index in [2.05, 4.69) is 4.98 Å². The fraction of sp³-hybridized carbons (Fsp3) is 0. The number of benzene rings is 1. The van der Waals surface area contributed by atoms with E-state index in [0.717, 1.165) is 5.39 Å². The number of rotatable bonds is 1. The number of para-hydroxylation sites is 1. The second-order valence-electron chi connectivity index (χ2n) is 3.42. The largest absolute Gasteiger partial charge is 0.451 e. The summed E-state index contributed by atoms with van der Waals surface area (Å²) in [4.78, 5) is 15.7. The number of nitrogens with zero attached hydrogens (tertiary/aromatic N) is 2. The lowest BCUT2D eigenvalue weighted by Gasteiger charge is -1.94. The minimum absolute atomic E-state index is 0.214. The first kappa shape index (κ1) is 8.91. The van der Waals surface area contributed by atoms with Crippen LogP contribution in [0, 0.1) is 0 Å². The van der Waals surface area contributed by atoms with Gasteiger partial charge in [0.1, 0.15) is 11.9 Å². The van der Waals surface area contributed by atoms with Crippen LogP contribution in [0.15, 0.2) is 53.5 Å². The molecule has 2 heterocycles. The molecule has 0 atom stereocenters. The van der Waals surface area contributed by atoms with E-state index >= 15 is 0 Å². The molecule has 1 aromatic carbocycles. The maximum atomic E-state index is 11.9. The smallest absolute Gasteiger partial charge is 0.298 e. The van der Waals surface area contributed by atoms with Gasteiger partial charge in [0.05, 0.1) is 0 Å². The molecule has 0 N–H and O–H groups in total. The van der Waals surface area contributed by atoms with E-state index in [4.69, 9.17) is 4.42 Å². The van der Waals surface area contributed by atoms with Crippen LogP contribution in [0.2, 0.25) is 0 Å². The van der Waals surface area contributed by atoms with E-state index in [-0.39, 0.29) is 5.91 Å². The fourth-order valence-corrected chi connectivity index (χ4v) is 1.59. The summed E-state index contributed by atoms with van der Waals surface area (Å²) in [5.74, 6) is 0.105. The zero-order valence-electron chi connectivity index (χ0n) is 8.33. The van der Waals surface area contributed by atoms with Crippen LogP contribution in [0.3, 0.4) is 0 Å². The van der Waals surface area contributed by atoms with Crippen LogP contribution in [0.5, 0.6) is 0 Å². The van der Waals surface area contributed by atoms with Crippen molar-refractivity contribution in [3.8, 4) is 0 Å². The maximum Gasteiger partial charge on any atom is 0.298 e. The van der Waals surface area contributed by atoms with Crippen LogP contribution in [-0.2, 0) is 0 Å². The Morgan fingerprint density at radius 3 is 2.94 bits per heavy atom. The minimum Gasteiger partial charge on any atom is -0.451 e. The molecule has 0 saturated carbocycles. The molecule has 0 bridgehead atoms. The molecule has 0 aliphatic heterocycles. The SMILES string of the molecule is O=C(c1cc2ccccc2o1)n1ccnc1. The van der Waals surface area contributed by atoms with Crippen molar-refractivity contribution in [2.24, 2.45) is 0 Å². The number of imidazole rings is 1. The lowest BCUT2D eigenvalue weighted by molar-refractivity contribution is 0.0934. The minimum atomic E-state index is -0.214. The van der Waals surface area contributed by atoms with Gasteiger partial charge in [0.2, 0.25) is 0 Å². The van der Waals surface area contributed by atoms with Gasteiger partial charge in [-0.25, -0.2) is 4.98 Å².